The number of piperidine rings is 1. The molecule has 2 saturated carbocycles. The molecule has 2 aliphatic carbocycles. The summed E-state index contributed by atoms with van der Waals surface area (Å²) in [7, 11) is 0. The number of anilines is 2. The molecule has 1 aliphatic heterocycles. The summed E-state index contributed by atoms with van der Waals surface area (Å²) < 4.78 is 7.55. The second-order valence-corrected chi connectivity index (χ2v) is 11.5. The smallest absolute Gasteiger partial charge is 0.394 e. The van der Waals surface area contributed by atoms with E-state index in [-0.39, 0.29) is 6.04 Å². The Kier molecular flexibility index (Phi) is 8.01. The second kappa shape index (κ2) is 12.0. The van der Waals surface area contributed by atoms with Crippen LogP contribution in [0.15, 0.2) is 30.6 Å². The molecule has 1 saturated heterocycles. The predicted molar refractivity (Wildman–Crippen MR) is 153 cm³/mol. The van der Waals surface area contributed by atoms with Crippen LogP contribution in [0.3, 0.4) is 0 Å². The third-order valence-electron chi connectivity index (χ3n) is 8.47. The average molecular weight is 549 g/mol. The summed E-state index contributed by atoms with van der Waals surface area (Å²) in [6, 6.07) is 8.54. The van der Waals surface area contributed by atoms with Gasteiger partial charge in [0.2, 0.25) is 5.95 Å². The summed E-state index contributed by atoms with van der Waals surface area (Å²) in [5.74, 6) is 1.88. The monoisotopic (exact) mass is 548 g/mol. The first-order valence-electron chi connectivity index (χ1n) is 14.7. The number of hydrogen-bond donors (Lipinski definition) is 3. The topological polar surface area (TPSA) is 132 Å². The number of carbonyl (C=O) groups excluding carboxylic acids is 1. The maximum atomic E-state index is 12.3. The largest absolute Gasteiger partial charge is 0.533 e. The highest BCUT2D eigenvalue weighted by atomic mass is 16.8. The molecule has 1 aromatic carbocycles. The molecule has 0 bridgehead atoms. The molecule has 0 atom stereocenters. The first kappa shape index (κ1) is 26.8. The molecule has 3 heterocycles. The number of nitrogens with zero attached hydrogens (tertiary/aromatic N) is 5. The van der Waals surface area contributed by atoms with Crippen molar-refractivity contribution in [1.82, 2.24) is 24.6 Å². The molecule has 2 aromatic heterocycles. The van der Waals surface area contributed by atoms with E-state index in [0.29, 0.717) is 42.9 Å². The van der Waals surface area contributed by atoms with Crippen LogP contribution in [0.4, 0.5) is 16.6 Å². The minimum absolute atomic E-state index is 0.170. The number of nitrogens with two attached hydrogens (primary N) is 1. The van der Waals surface area contributed by atoms with Gasteiger partial charge >= 0.3 is 6.16 Å². The van der Waals surface area contributed by atoms with Crippen molar-refractivity contribution in [1.29, 1.82) is 0 Å². The van der Waals surface area contributed by atoms with Crippen molar-refractivity contribution in [2.45, 2.75) is 95.3 Å². The van der Waals surface area contributed by atoms with E-state index in [9.17, 15) is 4.79 Å². The summed E-state index contributed by atoms with van der Waals surface area (Å²) in [5.41, 5.74) is 8.92. The highest BCUT2D eigenvalue weighted by Gasteiger charge is 2.27. The molecule has 3 fully saturated rings. The SMILES string of the molecule is Cc1ccc(OC(=O)ON2CCC(Nc3nc(N[C@H]4CC[C@H](N)CC4)nc4c3ncn4C3CCCC3)CC2)cc1. The lowest BCUT2D eigenvalue weighted by Crippen LogP contribution is -2.41. The lowest BCUT2D eigenvalue weighted by molar-refractivity contribution is -0.127. The molecule has 0 spiro atoms. The number of nitrogens with one attached hydrogen (secondary N) is 2. The lowest BCUT2D eigenvalue weighted by Gasteiger charge is -2.31. The zero-order valence-corrected chi connectivity index (χ0v) is 23.2. The average Bonchev–Trinajstić information content (AvgIpc) is 3.63. The van der Waals surface area contributed by atoms with Gasteiger partial charge in [-0.15, -0.1) is 5.06 Å². The number of aromatic nitrogens is 4. The zero-order valence-electron chi connectivity index (χ0n) is 23.2. The number of hydrogen-bond acceptors (Lipinski definition) is 10. The van der Waals surface area contributed by atoms with Gasteiger partial charge in [0.05, 0.1) is 6.33 Å². The second-order valence-electron chi connectivity index (χ2n) is 11.5. The third-order valence-corrected chi connectivity index (χ3v) is 8.47. The predicted octanol–water partition coefficient (Wildman–Crippen LogP) is 4.94. The molecule has 0 unspecified atom stereocenters. The Hall–Kier alpha value is -3.44. The standard InChI is InChI=1S/C29H40N8O3/c1-19-6-12-24(13-7-19)39-29(38)40-36-16-14-22(15-17-36)32-26-25-27(37(18-31-25)23-4-2-3-5-23)35-28(34-26)33-21-10-8-20(30)9-11-21/h6-7,12-13,18,20-23H,2-5,8-11,14-17,30H2,1H3,(H2,32,33,34,35)/t20-,21-. The molecule has 40 heavy (non-hydrogen) atoms. The van der Waals surface area contributed by atoms with E-state index in [1.165, 1.54) is 12.8 Å². The summed E-state index contributed by atoms with van der Waals surface area (Å²) in [6.45, 7) is 3.18. The van der Waals surface area contributed by atoms with E-state index in [1.54, 1.807) is 17.2 Å². The van der Waals surface area contributed by atoms with E-state index in [4.69, 9.17) is 30.3 Å². The van der Waals surface area contributed by atoms with Gasteiger partial charge in [-0.1, -0.05) is 30.5 Å². The number of aryl methyl sites for hydroxylation is 1. The van der Waals surface area contributed by atoms with Crippen LogP contribution >= 0.6 is 0 Å². The van der Waals surface area contributed by atoms with Crippen LogP contribution in [0.2, 0.25) is 0 Å². The van der Waals surface area contributed by atoms with Crippen molar-refractivity contribution in [3.63, 3.8) is 0 Å². The number of fused-ring (bicyclic) bond motifs is 1. The molecular weight excluding hydrogens is 508 g/mol. The van der Waals surface area contributed by atoms with Crippen LogP contribution in [0.5, 0.6) is 5.75 Å². The molecule has 3 aliphatic rings. The molecule has 0 radical (unpaired) electrons. The minimum atomic E-state index is -0.718. The van der Waals surface area contributed by atoms with Gasteiger partial charge < -0.3 is 30.5 Å². The van der Waals surface area contributed by atoms with Gasteiger partial charge in [0.25, 0.3) is 0 Å². The van der Waals surface area contributed by atoms with Gasteiger partial charge in [0, 0.05) is 37.3 Å². The van der Waals surface area contributed by atoms with Crippen LogP contribution in [0.1, 0.15) is 75.8 Å². The van der Waals surface area contributed by atoms with E-state index in [2.05, 4.69) is 15.2 Å². The zero-order chi connectivity index (χ0) is 27.5. The Morgan fingerprint density at radius 3 is 2.35 bits per heavy atom. The van der Waals surface area contributed by atoms with Crippen LogP contribution in [-0.4, -0.2) is 62.0 Å². The summed E-state index contributed by atoms with van der Waals surface area (Å²) in [6.07, 6.45) is 11.7. The summed E-state index contributed by atoms with van der Waals surface area (Å²) in [5, 5.41) is 8.90. The molecule has 11 heteroatoms. The van der Waals surface area contributed by atoms with E-state index < -0.39 is 6.16 Å². The third kappa shape index (κ3) is 6.31. The maximum Gasteiger partial charge on any atom is 0.533 e. The van der Waals surface area contributed by atoms with Crippen LogP contribution < -0.4 is 21.1 Å². The Labute approximate surface area is 234 Å². The van der Waals surface area contributed by atoms with Crippen LogP contribution in [-0.2, 0) is 4.84 Å². The van der Waals surface area contributed by atoms with Crippen molar-refractivity contribution in [2.24, 2.45) is 5.73 Å². The highest BCUT2D eigenvalue weighted by Crippen LogP contribution is 2.34. The molecule has 6 rings (SSSR count). The van der Waals surface area contributed by atoms with Crippen molar-refractivity contribution >= 4 is 29.1 Å². The summed E-state index contributed by atoms with van der Waals surface area (Å²) >= 11 is 0. The molecule has 4 N–H and O–H groups in total. The minimum Gasteiger partial charge on any atom is -0.394 e. The normalized spacial score (nSPS) is 22.9. The van der Waals surface area contributed by atoms with Gasteiger partial charge in [-0.25, -0.2) is 9.78 Å². The van der Waals surface area contributed by atoms with Crippen LogP contribution in [0.25, 0.3) is 11.2 Å². The maximum absolute atomic E-state index is 12.3. The number of hydroxylamine groups is 2. The van der Waals surface area contributed by atoms with Gasteiger partial charge in [-0.3, -0.25) is 0 Å². The molecule has 11 nitrogen and oxygen atoms in total. The van der Waals surface area contributed by atoms with Gasteiger partial charge in [0.1, 0.15) is 5.75 Å². The Balaban J connectivity index is 1.11. The van der Waals surface area contributed by atoms with E-state index in [1.807, 2.05) is 25.4 Å². The Morgan fingerprint density at radius 1 is 0.925 bits per heavy atom. The van der Waals surface area contributed by atoms with Crippen LogP contribution in [0, 0.1) is 6.92 Å². The Bertz CT molecular complexity index is 1290. The van der Waals surface area contributed by atoms with Crippen molar-refractivity contribution in [3.8, 4) is 5.75 Å². The van der Waals surface area contributed by atoms with E-state index >= 15 is 0 Å². The number of carbonyl (C=O) groups is 1. The Morgan fingerprint density at radius 2 is 1.62 bits per heavy atom. The fraction of sp³-hybridized carbons (Fsp3) is 0.586. The lowest BCUT2D eigenvalue weighted by atomic mass is 9.92. The number of benzene rings is 1. The summed E-state index contributed by atoms with van der Waals surface area (Å²) in [4.78, 5) is 32.3. The van der Waals surface area contributed by atoms with E-state index in [0.717, 1.165) is 73.9 Å². The number of rotatable bonds is 7. The first-order valence-corrected chi connectivity index (χ1v) is 14.7. The molecule has 0 amide bonds. The van der Waals surface area contributed by atoms with Crippen molar-refractivity contribution in [2.75, 3.05) is 23.7 Å². The van der Waals surface area contributed by atoms with Gasteiger partial charge in [-0.05, 0) is 70.4 Å². The molecule has 3 aromatic rings. The number of imidazole rings is 1. The number of ether oxygens (including phenoxy) is 1. The fourth-order valence-electron chi connectivity index (χ4n) is 6.09. The van der Waals surface area contributed by atoms with Gasteiger partial charge in [-0.2, -0.15) is 9.97 Å². The molecule has 214 valence electrons. The van der Waals surface area contributed by atoms with Gasteiger partial charge in [0.15, 0.2) is 17.0 Å². The molecular formula is C29H40N8O3. The van der Waals surface area contributed by atoms with Crippen molar-refractivity contribution in [3.05, 3.63) is 36.2 Å². The van der Waals surface area contributed by atoms with Crippen molar-refractivity contribution < 1.29 is 14.4 Å². The highest BCUT2D eigenvalue weighted by molar-refractivity contribution is 5.84. The fourth-order valence-corrected chi connectivity index (χ4v) is 6.09. The first-order chi connectivity index (χ1) is 19.5. The quantitative estimate of drug-likeness (QED) is 0.275.